The zero-order valence-corrected chi connectivity index (χ0v) is 11.7. The second-order valence-corrected chi connectivity index (χ2v) is 6.07. The van der Waals surface area contributed by atoms with Crippen molar-refractivity contribution in [2.24, 2.45) is 0 Å². The monoisotopic (exact) mass is 324 g/mol. The van der Waals surface area contributed by atoms with Gasteiger partial charge in [-0.25, -0.2) is 17.2 Å². The highest BCUT2D eigenvalue weighted by Gasteiger charge is 2.29. The number of alkyl halides is 2. The van der Waals surface area contributed by atoms with Gasteiger partial charge in [-0.05, 0) is 18.2 Å². The maximum Gasteiger partial charge on any atom is 0.252 e. The molecular weight excluding hydrogens is 314 g/mol. The van der Waals surface area contributed by atoms with Crippen LogP contribution in [0.5, 0.6) is 0 Å². The first-order valence-corrected chi connectivity index (χ1v) is 7.23. The molecule has 0 aromatic heterocycles. The van der Waals surface area contributed by atoms with Gasteiger partial charge in [-0.3, -0.25) is 0 Å². The zero-order chi connectivity index (χ0) is 15.3. The van der Waals surface area contributed by atoms with E-state index in [1.165, 1.54) is 12.1 Å². The van der Waals surface area contributed by atoms with Gasteiger partial charge in [-0.1, -0.05) is 11.6 Å². The summed E-state index contributed by atoms with van der Waals surface area (Å²) in [7, 11) is -4.34. The number of hydrogen-bond donors (Lipinski definition) is 1. The van der Waals surface area contributed by atoms with Crippen LogP contribution in [0.2, 0.25) is 5.02 Å². The van der Waals surface area contributed by atoms with Crippen LogP contribution >= 0.6 is 11.6 Å². The van der Waals surface area contributed by atoms with Gasteiger partial charge in [0.05, 0.1) is 18.7 Å². The average Bonchev–Trinajstić information content (AvgIpc) is 2.37. The Kier molecular flexibility index (Phi) is 5.83. The molecule has 0 spiro atoms. The van der Waals surface area contributed by atoms with Crippen molar-refractivity contribution in [3.63, 3.8) is 0 Å². The topological polar surface area (TPSA) is 81.4 Å². The van der Waals surface area contributed by atoms with E-state index in [0.29, 0.717) is 4.31 Å². The fraction of sp³-hybridized carbons (Fsp3) is 0.364. The van der Waals surface area contributed by atoms with Gasteiger partial charge in [0, 0.05) is 11.6 Å². The van der Waals surface area contributed by atoms with Crippen molar-refractivity contribution in [1.29, 1.82) is 5.26 Å². The molecule has 0 aliphatic rings. The lowest BCUT2D eigenvalue weighted by Crippen LogP contribution is -2.37. The highest BCUT2D eigenvalue weighted by atomic mass is 35.5. The number of hydrogen-bond acceptors (Lipinski definition) is 4. The summed E-state index contributed by atoms with van der Waals surface area (Å²) in [5.74, 6) is 0. The van der Waals surface area contributed by atoms with Gasteiger partial charge in [0.2, 0.25) is 10.0 Å². The van der Waals surface area contributed by atoms with E-state index in [-0.39, 0.29) is 10.6 Å². The smallest absolute Gasteiger partial charge is 0.252 e. The minimum Gasteiger partial charge on any atom is -0.395 e. The van der Waals surface area contributed by atoms with E-state index in [4.69, 9.17) is 22.0 Å². The molecule has 0 saturated heterocycles. The number of nitrogens with zero attached hydrogens (tertiary/aromatic N) is 2. The summed E-state index contributed by atoms with van der Waals surface area (Å²) in [5, 5.41) is 17.8. The number of benzene rings is 1. The standard InChI is InChI=1S/C11H11ClF2N2O3S/c12-9-2-1-8(6-15)10(5-9)20(18,19)16(3-4-17)7-11(13)14/h1-2,5,11,17H,3-4,7H2. The van der Waals surface area contributed by atoms with E-state index in [9.17, 15) is 17.2 Å². The lowest BCUT2D eigenvalue weighted by atomic mass is 10.2. The summed E-state index contributed by atoms with van der Waals surface area (Å²) in [5.41, 5.74) is -0.202. The predicted molar refractivity (Wildman–Crippen MR) is 68.0 cm³/mol. The molecule has 0 aliphatic heterocycles. The Hall–Kier alpha value is -1.27. The van der Waals surface area contributed by atoms with Gasteiger partial charge in [-0.2, -0.15) is 9.57 Å². The minimum atomic E-state index is -4.34. The van der Waals surface area contributed by atoms with Crippen LogP contribution in [0.3, 0.4) is 0 Å². The van der Waals surface area contributed by atoms with Crippen LogP contribution in [0, 0.1) is 11.3 Å². The summed E-state index contributed by atoms with van der Waals surface area (Å²) < 4.78 is 49.8. The van der Waals surface area contributed by atoms with Crippen molar-refractivity contribution >= 4 is 21.6 Å². The third-order valence-electron chi connectivity index (χ3n) is 2.37. The number of halogens is 3. The Morgan fingerprint density at radius 3 is 2.60 bits per heavy atom. The third kappa shape index (κ3) is 3.86. The van der Waals surface area contributed by atoms with Gasteiger partial charge < -0.3 is 5.11 Å². The van der Waals surface area contributed by atoms with E-state index in [2.05, 4.69) is 0 Å². The quantitative estimate of drug-likeness (QED) is 0.859. The molecule has 0 heterocycles. The largest absolute Gasteiger partial charge is 0.395 e. The van der Waals surface area contributed by atoms with Crippen LogP contribution in [0.25, 0.3) is 0 Å². The van der Waals surface area contributed by atoms with Crippen molar-refractivity contribution in [3.8, 4) is 6.07 Å². The summed E-state index contributed by atoms with van der Waals surface area (Å²) >= 11 is 5.68. The molecule has 0 unspecified atom stereocenters. The fourth-order valence-corrected chi connectivity index (χ4v) is 3.33. The molecule has 20 heavy (non-hydrogen) atoms. The van der Waals surface area contributed by atoms with Crippen LogP contribution in [0.1, 0.15) is 5.56 Å². The molecule has 1 aromatic carbocycles. The Labute approximate surface area is 120 Å². The van der Waals surface area contributed by atoms with Gasteiger partial charge in [0.25, 0.3) is 6.43 Å². The van der Waals surface area contributed by atoms with Crippen LogP contribution in [0.4, 0.5) is 8.78 Å². The molecule has 0 fully saturated rings. The molecule has 0 radical (unpaired) electrons. The first-order chi connectivity index (χ1) is 9.32. The lowest BCUT2D eigenvalue weighted by Gasteiger charge is -2.21. The molecule has 5 nitrogen and oxygen atoms in total. The van der Waals surface area contributed by atoms with Crippen LogP contribution in [0.15, 0.2) is 23.1 Å². The van der Waals surface area contributed by atoms with E-state index in [1.54, 1.807) is 6.07 Å². The maximum absolute atomic E-state index is 12.4. The van der Waals surface area contributed by atoms with E-state index in [1.807, 2.05) is 0 Å². The highest BCUT2D eigenvalue weighted by Crippen LogP contribution is 2.24. The normalized spacial score (nSPS) is 11.8. The maximum atomic E-state index is 12.4. The summed E-state index contributed by atoms with van der Waals surface area (Å²) in [6.07, 6.45) is -2.90. The first kappa shape index (κ1) is 16.8. The van der Waals surface area contributed by atoms with E-state index in [0.717, 1.165) is 6.07 Å². The number of aliphatic hydroxyl groups excluding tert-OH is 1. The number of sulfonamides is 1. The van der Waals surface area contributed by atoms with Crippen LogP contribution in [-0.2, 0) is 10.0 Å². The van der Waals surface area contributed by atoms with Crippen molar-refractivity contribution < 1.29 is 22.3 Å². The molecule has 0 atom stereocenters. The number of nitriles is 1. The molecule has 1 aromatic rings. The average molecular weight is 325 g/mol. The molecule has 0 bridgehead atoms. The fourth-order valence-electron chi connectivity index (χ4n) is 1.52. The second-order valence-electron chi connectivity index (χ2n) is 3.73. The molecule has 110 valence electrons. The minimum absolute atomic E-state index is 0.0589. The number of rotatable bonds is 6. The van der Waals surface area contributed by atoms with E-state index < -0.39 is 41.0 Å². The van der Waals surface area contributed by atoms with Gasteiger partial charge in [-0.15, -0.1) is 0 Å². The SMILES string of the molecule is N#Cc1ccc(Cl)cc1S(=O)(=O)N(CCO)CC(F)F. The zero-order valence-electron chi connectivity index (χ0n) is 10.1. The van der Waals surface area contributed by atoms with Crippen LogP contribution in [-0.4, -0.2) is 44.0 Å². The van der Waals surface area contributed by atoms with E-state index >= 15 is 0 Å². The Bertz CT molecular complexity index is 617. The predicted octanol–water partition coefficient (Wildman–Crippen LogP) is 1.46. The highest BCUT2D eigenvalue weighted by molar-refractivity contribution is 7.89. The summed E-state index contributed by atoms with van der Waals surface area (Å²) in [4.78, 5) is -0.457. The van der Waals surface area contributed by atoms with Gasteiger partial charge in [0.1, 0.15) is 11.0 Å². The van der Waals surface area contributed by atoms with Crippen molar-refractivity contribution in [3.05, 3.63) is 28.8 Å². The summed E-state index contributed by atoms with van der Waals surface area (Å²) in [6.45, 7) is -2.18. The Balaban J connectivity index is 3.33. The number of aliphatic hydroxyl groups is 1. The van der Waals surface area contributed by atoms with Crippen molar-refractivity contribution in [1.82, 2.24) is 4.31 Å². The summed E-state index contributed by atoms with van der Waals surface area (Å²) in [6, 6.07) is 5.20. The molecular formula is C11H11ClF2N2O3S. The lowest BCUT2D eigenvalue weighted by molar-refractivity contribution is 0.113. The first-order valence-electron chi connectivity index (χ1n) is 5.41. The molecule has 1 rings (SSSR count). The molecule has 0 aliphatic carbocycles. The Morgan fingerprint density at radius 1 is 1.45 bits per heavy atom. The van der Waals surface area contributed by atoms with Crippen LogP contribution < -0.4 is 0 Å². The third-order valence-corrected chi connectivity index (χ3v) is 4.51. The molecule has 0 saturated carbocycles. The molecule has 0 amide bonds. The van der Waals surface area contributed by atoms with Gasteiger partial charge >= 0.3 is 0 Å². The van der Waals surface area contributed by atoms with Crippen molar-refractivity contribution in [2.75, 3.05) is 19.7 Å². The molecule has 9 heteroatoms. The Morgan fingerprint density at radius 2 is 2.10 bits per heavy atom. The second kappa shape index (κ2) is 6.95. The molecule has 1 N–H and O–H groups in total. The van der Waals surface area contributed by atoms with Gasteiger partial charge in [0.15, 0.2) is 0 Å². The van der Waals surface area contributed by atoms with Crippen molar-refractivity contribution in [2.45, 2.75) is 11.3 Å².